The number of nitrogens with zero attached hydrogens (tertiary/aromatic N) is 1. The molecular formula is C12H19N. The zero-order valence-electron chi connectivity index (χ0n) is 8.93. The summed E-state index contributed by atoms with van der Waals surface area (Å²) in [6.07, 6.45) is 6.03. The van der Waals surface area contributed by atoms with E-state index in [9.17, 15) is 0 Å². The molecular weight excluding hydrogens is 158 g/mol. The van der Waals surface area contributed by atoms with Crippen LogP contribution in [0.5, 0.6) is 0 Å². The monoisotopic (exact) mass is 177 g/mol. The largest absolute Gasteiger partial charge is 0.288 e. The number of hydrogen-bond donors (Lipinski definition) is 0. The summed E-state index contributed by atoms with van der Waals surface area (Å²) in [7, 11) is 0. The van der Waals surface area contributed by atoms with Crippen LogP contribution in [0.3, 0.4) is 0 Å². The van der Waals surface area contributed by atoms with E-state index in [1.54, 1.807) is 11.1 Å². The van der Waals surface area contributed by atoms with Crippen molar-refractivity contribution in [3.63, 3.8) is 0 Å². The first-order valence-corrected chi connectivity index (χ1v) is 5.28. The Bertz CT molecular complexity index is 265. The van der Waals surface area contributed by atoms with Gasteiger partial charge in [0.2, 0.25) is 0 Å². The molecule has 0 aromatic carbocycles. The Balaban J connectivity index is 2.11. The zero-order chi connectivity index (χ0) is 9.47. The van der Waals surface area contributed by atoms with E-state index in [0.29, 0.717) is 5.41 Å². The van der Waals surface area contributed by atoms with E-state index >= 15 is 0 Å². The fraction of sp³-hybridized carbons (Fsp3) is 0.750. The molecule has 2 aliphatic rings. The second-order valence-corrected chi connectivity index (χ2v) is 5.40. The highest BCUT2D eigenvalue weighted by molar-refractivity contribution is 5.82. The average Bonchev–Trinajstić information content (AvgIpc) is 2.47. The van der Waals surface area contributed by atoms with E-state index in [-0.39, 0.29) is 0 Å². The second-order valence-electron chi connectivity index (χ2n) is 5.40. The van der Waals surface area contributed by atoms with Crippen molar-refractivity contribution >= 4 is 6.21 Å². The minimum Gasteiger partial charge on any atom is -0.288 e. The smallest absolute Gasteiger partial charge is 0.0605 e. The number of allylic oxidation sites excluding steroid dienone is 1. The summed E-state index contributed by atoms with van der Waals surface area (Å²) in [5, 5.41) is 0. The SMILES string of the molecule is CC(C)(C)C1CCC2=C(C=NC2)C1. The average molecular weight is 177 g/mol. The molecule has 2 rings (SSSR count). The molecule has 0 aromatic heterocycles. The number of hydrogen-bond acceptors (Lipinski definition) is 1. The molecule has 0 radical (unpaired) electrons. The van der Waals surface area contributed by atoms with E-state index in [0.717, 1.165) is 12.5 Å². The van der Waals surface area contributed by atoms with Gasteiger partial charge in [-0.25, -0.2) is 0 Å². The lowest BCUT2D eigenvalue weighted by Crippen LogP contribution is -2.24. The molecule has 13 heavy (non-hydrogen) atoms. The molecule has 0 aromatic rings. The zero-order valence-corrected chi connectivity index (χ0v) is 8.93. The van der Waals surface area contributed by atoms with Crippen LogP contribution >= 0.6 is 0 Å². The Morgan fingerprint density at radius 2 is 2.15 bits per heavy atom. The lowest BCUT2D eigenvalue weighted by atomic mass is 9.71. The first-order chi connectivity index (χ1) is 6.07. The Hall–Kier alpha value is -0.590. The lowest BCUT2D eigenvalue weighted by Gasteiger charge is -2.34. The summed E-state index contributed by atoms with van der Waals surface area (Å²) in [6, 6.07) is 0. The van der Waals surface area contributed by atoms with Crippen molar-refractivity contribution in [2.75, 3.05) is 6.54 Å². The minimum absolute atomic E-state index is 0.467. The molecule has 1 atom stereocenters. The maximum atomic E-state index is 4.35. The van der Waals surface area contributed by atoms with Crippen molar-refractivity contribution in [2.24, 2.45) is 16.3 Å². The third kappa shape index (κ3) is 1.70. The Morgan fingerprint density at radius 3 is 2.85 bits per heavy atom. The van der Waals surface area contributed by atoms with Crippen molar-refractivity contribution in [3.8, 4) is 0 Å². The summed E-state index contributed by atoms with van der Waals surface area (Å²) in [5.41, 5.74) is 3.63. The summed E-state index contributed by atoms with van der Waals surface area (Å²) in [6.45, 7) is 8.06. The molecule has 0 fully saturated rings. The van der Waals surface area contributed by atoms with Crippen LogP contribution in [0.1, 0.15) is 40.0 Å². The highest BCUT2D eigenvalue weighted by Gasteiger charge is 2.30. The molecule has 1 aliphatic carbocycles. The van der Waals surface area contributed by atoms with Crippen LogP contribution in [-0.4, -0.2) is 12.8 Å². The van der Waals surface area contributed by atoms with Gasteiger partial charge in [-0.1, -0.05) is 20.8 Å². The van der Waals surface area contributed by atoms with Crippen molar-refractivity contribution < 1.29 is 0 Å². The molecule has 0 saturated heterocycles. The van der Waals surface area contributed by atoms with Gasteiger partial charge in [0.25, 0.3) is 0 Å². The topological polar surface area (TPSA) is 12.4 Å². The van der Waals surface area contributed by atoms with E-state index in [1.807, 2.05) is 0 Å². The van der Waals surface area contributed by atoms with E-state index in [1.165, 1.54) is 19.3 Å². The maximum Gasteiger partial charge on any atom is 0.0605 e. The molecule has 0 bridgehead atoms. The van der Waals surface area contributed by atoms with Crippen LogP contribution in [0.15, 0.2) is 16.1 Å². The van der Waals surface area contributed by atoms with Gasteiger partial charge in [-0.3, -0.25) is 4.99 Å². The Labute approximate surface area is 80.9 Å². The molecule has 1 heteroatoms. The van der Waals surface area contributed by atoms with Gasteiger partial charge in [0.05, 0.1) is 6.54 Å². The van der Waals surface area contributed by atoms with Crippen molar-refractivity contribution in [1.82, 2.24) is 0 Å². The van der Waals surface area contributed by atoms with Gasteiger partial charge >= 0.3 is 0 Å². The van der Waals surface area contributed by atoms with Crippen LogP contribution in [0.25, 0.3) is 0 Å². The molecule has 0 amide bonds. The van der Waals surface area contributed by atoms with Gasteiger partial charge in [0, 0.05) is 6.21 Å². The van der Waals surface area contributed by atoms with Gasteiger partial charge < -0.3 is 0 Å². The molecule has 0 saturated carbocycles. The number of rotatable bonds is 0. The summed E-state index contributed by atoms with van der Waals surface area (Å²) < 4.78 is 0. The lowest BCUT2D eigenvalue weighted by molar-refractivity contribution is 0.219. The molecule has 1 aliphatic heterocycles. The predicted octanol–water partition coefficient (Wildman–Crippen LogP) is 3.21. The highest BCUT2D eigenvalue weighted by Crippen LogP contribution is 2.40. The molecule has 0 N–H and O–H groups in total. The molecule has 0 spiro atoms. The van der Waals surface area contributed by atoms with Crippen LogP contribution in [0.4, 0.5) is 0 Å². The van der Waals surface area contributed by atoms with Crippen LogP contribution in [-0.2, 0) is 0 Å². The highest BCUT2D eigenvalue weighted by atomic mass is 14.7. The third-order valence-corrected chi connectivity index (χ3v) is 3.47. The Kier molecular flexibility index (Phi) is 2.05. The van der Waals surface area contributed by atoms with E-state index in [2.05, 4.69) is 32.0 Å². The fourth-order valence-electron chi connectivity index (χ4n) is 2.35. The molecule has 72 valence electrons. The standard InChI is InChI=1S/C12H19N/c1-12(2,3)11-5-4-9-7-13-8-10(9)6-11/h8,11H,4-7H2,1-3H3. The van der Waals surface area contributed by atoms with Gasteiger partial charge in [-0.2, -0.15) is 0 Å². The van der Waals surface area contributed by atoms with Gasteiger partial charge in [0.1, 0.15) is 0 Å². The van der Waals surface area contributed by atoms with Gasteiger partial charge in [-0.05, 0) is 41.7 Å². The molecule has 1 nitrogen and oxygen atoms in total. The van der Waals surface area contributed by atoms with Gasteiger partial charge in [0.15, 0.2) is 0 Å². The molecule has 1 unspecified atom stereocenters. The number of aliphatic imine (C=N–C) groups is 1. The normalized spacial score (nSPS) is 28.1. The van der Waals surface area contributed by atoms with Crippen LogP contribution in [0.2, 0.25) is 0 Å². The van der Waals surface area contributed by atoms with Crippen molar-refractivity contribution in [2.45, 2.75) is 40.0 Å². The fourth-order valence-corrected chi connectivity index (χ4v) is 2.35. The Morgan fingerprint density at radius 1 is 1.38 bits per heavy atom. The summed E-state index contributed by atoms with van der Waals surface area (Å²) in [5.74, 6) is 0.857. The van der Waals surface area contributed by atoms with Crippen LogP contribution < -0.4 is 0 Å². The first kappa shape index (κ1) is 8.98. The minimum atomic E-state index is 0.467. The summed E-state index contributed by atoms with van der Waals surface area (Å²) >= 11 is 0. The van der Waals surface area contributed by atoms with E-state index < -0.39 is 0 Å². The third-order valence-electron chi connectivity index (χ3n) is 3.47. The van der Waals surface area contributed by atoms with Crippen molar-refractivity contribution in [3.05, 3.63) is 11.1 Å². The van der Waals surface area contributed by atoms with Gasteiger partial charge in [-0.15, -0.1) is 0 Å². The second kappa shape index (κ2) is 2.97. The summed E-state index contributed by atoms with van der Waals surface area (Å²) in [4.78, 5) is 4.35. The van der Waals surface area contributed by atoms with Crippen molar-refractivity contribution in [1.29, 1.82) is 0 Å². The predicted molar refractivity (Wildman–Crippen MR) is 57.2 cm³/mol. The van der Waals surface area contributed by atoms with Crippen LogP contribution in [0, 0.1) is 11.3 Å². The maximum absolute atomic E-state index is 4.35. The van der Waals surface area contributed by atoms with E-state index in [4.69, 9.17) is 0 Å². The quantitative estimate of drug-likeness (QED) is 0.538. The first-order valence-electron chi connectivity index (χ1n) is 5.28. The molecule has 1 heterocycles.